The number of methoxy groups -OCH3 is 1. The van der Waals surface area contributed by atoms with E-state index in [0.717, 1.165) is 7.11 Å². The van der Waals surface area contributed by atoms with Gasteiger partial charge < -0.3 is 4.74 Å². The minimum atomic E-state index is -2.94. The van der Waals surface area contributed by atoms with Crippen LogP contribution in [0.5, 0.6) is 0 Å². The highest BCUT2D eigenvalue weighted by molar-refractivity contribution is 4.64. The zero-order chi connectivity index (χ0) is 8.20. The number of halogens is 2. The summed E-state index contributed by atoms with van der Waals surface area (Å²) in [7, 11) is 1.04. The Bertz CT molecular complexity index is 89.6. The van der Waals surface area contributed by atoms with Crippen LogP contribution < -0.4 is 0 Å². The molecule has 0 spiro atoms. The van der Waals surface area contributed by atoms with Gasteiger partial charge in [-0.2, -0.15) is 8.78 Å². The standard InChI is InChI=1S/C7H14F2O/c1-4-6(5-2)7(8,9)10-3/h6H,4-5H2,1-3H3. The molecular weight excluding hydrogens is 138 g/mol. The Morgan fingerprint density at radius 3 is 1.80 bits per heavy atom. The van der Waals surface area contributed by atoms with Crippen LogP contribution >= 0.6 is 0 Å². The summed E-state index contributed by atoms with van der Waals surface area (Å²) in [6.07, 6.45) is -2.03. The predicted molar refractivity (Wildman–Crippen MR) is 36.0 cm³/mol. The third-order valence-electron chi connectivity index (χ3n) is 1.73. The van der Waals surface area contributed by atoms with Gasteiger partial charge in [-0.3, -0.25) is 0 Å². The minimum absolute atomic E-state index is 0.456. The van der Waals surface area contributed by atoms with Gasteiger partial charge >= 0.3 is 6.11 Å². The second-order valence-corrected chi connectivity index (χ2v) is 2.28. The SMILES string of the molecule is CCC(CC)C(F)(F)OC. The average Bonchev–Trinajstić information content (AvgIpc) is 1.90. The number of rotatable bonds is 4. The van der Waals surface area contributed by atoms with E-state index in [4.69, 9.17) is 0 Å². The molecule has 62 valence electrons. The lowest BCUT2D eigenvalue weighted by Crippen LogP contribution is -2.29. The smallest absolute Gasteiger partial charge is 0.324 e. The van der Waals surface area contributed by atoms with Gasteiger partial charge in [-0.05, 0) is 12.8 Å². The van der Waals surface area contributed by atoms with Gasteiger partial charge in [0.2, 0.25) is 0 Å². The molecule has 0 saturated heterocycles. The summed E-state index contributed by atoms with van der Waals surface area (Å²) in [5.41, 5.74) is 0. The summed E-state index contributed by atoms with van der Waals surface area (Å²) < 4.78 is 29.2. The fraction of sp³-hybridized carbons (Fsp3) is 1.00. The lowest BCUT2D eigenvalue weighted by atomic mass is 10.0. The van der Waals surface area contributed by atoms with Gasteiger partial charge in [0.05, 0.1) is 0 Å². The topological polar surface area (TPSA) is 9.23 Å². The third-order valence-corrected chi connectivity index (χ3v) is 1.73. The van der Waals surface area contributed by atoms with Crippen LogP contribution in [0.15, 0.2) is 0 Å². The Labute approximate surface area is 60.4 Å². The highest BCUT2D eigenvalue weighted by Crippen LogP contribution is 2.29. The number of hydrogen-bond donors (Lipinski definition) is 0. The van der Waals surface area contributed by atoms with Crippen LogP contribution in [0.25, 0.3) is 0 Å². The first-order chi connectivity index (χ1) is 4.58. The molecule has 0 heterocycles. The first kappa shape index (κ1) is 9.82. The van der Waals surface area contributed by atoms with E-state index in [1.54, 1.807) is 13.8 Å². The molecule has 0 aliphatic heterocycles. The van der Waals surface area contributed by atoms with Crippen LogP contribution in [0, 0.1) is 5.92 Å². The molecule has 0 aromatic heterocycles. The van der Waals surface area contributed by atoms with Gasteiger partial charge in [0.15, 0.2) is 0 Å². The number of alkyl halides is 2. The largest absolute Gasteiger partial charge is 0.358 e. The Balaban J connectivity index is 3.97. The molecule has 0 atom stereocenters. The van der Waals surface area contributed by atoms with Crippen molar-refractivity contribution in [3.63, 3.8) is 0 Å². The molecule has 0 fully saturated rings. The summed E-state index contributed by atoms with van der Waals surface area (Å²) >= 11 is 0. The average molecular weight is 152 g/mol. The lowest BCUT2D eigenvalue weighted by Gasteiger charge is -2.22. The van der Waals surface area contributed by atoms with Gasteiger partial charge in [-0.15, -0.1) is 0 Å². The van der Waals surface area contributed by atoms with Gasteiger partial charge in [0.25, 0.3) is 0 Å². The normalized spacial score (nSPS) is 12.6. The van der Waals surface area contributed by atoms with Crippen LogP contribution in [0.1, 0.15) is 26.7 Å². The van der Waals surface area contributed by atoms with Crippen molar-refractivity contribution in [3.05, 3.63) is 0 Å². The molecule has 0 rings (SSSR count). The molecule has 0 radical (unpaired) electrons. The van der Waals surface area contributed by atoms with Crippen molar-refractivity contribution in [2.75, 3.05) is 7.11 Å². The van der Waals surface area contributed by atoms with Crippen molar-refractivity contribution < 1.29 is 13.5 Å². The minimum Gasteiger partial charge on any atom is -0.324 e. The van der Waals surface area contributed by atoms with Crippen molar-refractivity contribution in [2.24, 2.45) is 5.92 Å². The summed E-state index contributed by atoms with van der Waals surface area (Å²) in [5.74, 6) is -0.641. The molecule has 0 aliphatic rings. The fourth-order valence-electron chi connectivity index (χ4n) is 0.931. The maximum atomic E-state index is 12.6. The van der Waals surface area contributed by atoms with Gasteiger partial charge in [-0.25, -0.2) is 0 Å². The van der Waals surface area contributed by atoms with E-state index in [2.05, 4.69) is 4.74 Å². The maximum Gasteiger partial charge on any atom is 0.358 e. The monoisotopic (exact) mass is 152 g/mol. The van der Waals surface area contributed by atoms with E-state index in [9.17, 15) is 8.78 Å². The van der Waals surface area contributed by atoms with Gasteiger partial charge in [0.1, 0.15) is 0 Å². The van der Waals surface area contributed by atoms with Crippen LogP contribution in [0.2, 0.25) is 0 Å². The second-order valence-electron chi connectivity index (χ2n) is 2.28. The van der Waals surface area contributed by atoms with E-state index in [1.165, 1.54) is 0 Å². The van der Waals surface area contributed by atoms with Crippen LogP contribution in [-0.4, -0.2) is 13.2 Å². The molecule has 0 aromatic carbocycles. The molecule has 0 N–H and O–H groups in total. The Kier molecular flexibility index (Phi) is 3.79. The van der Waals surface area contributed by atoms with Crippen molar-refractivity contribution in [1.29, 1.82) is 0 Å². The molecular formula is C7H14F2O. The number of ether oxygens (including phenoxy) is 1. The lowest BCUT2D eigenvalue weighted by molar-refractivity contribution is -0.257. The first-order valence-electron chi connectivity index (χ1n) is 3.51. The van der Waals surface area contributed by atoms with Gasteiger partial charge in [-0.1, -0.05) is 13.8 Å². The summed E-state index contributed by atoms with van der Waals surface area (Å²) in [6.45, 7) is 3.47. The molecule has 10 heavy (non-hydrogen) atoms. The highest BCUT2D eigenvalue weighted by atomic mass is 19.3. The number of hydrogen-bond acceptors (Lipinski definition) is 1. The van der Waals surface area contributed by atoms with E-state index in [-0.39, 0.29) is 0 Å². The van der Waals surface area contributed by atoms with E-state index < -0.39 is 12.0 Å². The molecule has 0 bridgehead atoms. The van der Waals surface area contributed by atoms with E-state index >= 15 is 0 Å². The maximum absolute atomic E-state index is 12.6. The third kappa shape index (κ3) is 2.21. The second kappa shape index (κ2) is 3.86. The van der Waals surface area contributed by atoms with Crippen molar-refractivity contribution in [3.8, 4) is 0 Å². The zero-order valence-electron chi connectivity index (χ0n) is 6.66. The van der Waals surface area contributed by atoms with Crippen molar-refractivity contribution in [2.45, 2.75) is 32.8 Å². The molecule has 0 unspecified atom stereocenters. The summed E-state index contributed by atoms with van der Waals surface area (Å²) in [6, 6.07) is 0. The van der Waals surface area contributed by atoms with E-state index in [0.29, 0.717) is 12.8 Å². The Hall–Kier alpha value is -0.180. The fourth-order valence-corrected chi connectivity index (χ4v) is 0.931. The zero-order valence-corrected chi connectivity index (χ0v) is 6.66. The molecule has 0 saturated carbocycles. The van der Waals surface area contributed by atoms with Crippen LogP contribution in [0.4, 0.5) is 8.78 Å². The van der Waals surface area contributed by atoms with Crippen LogP contribution in [0.3, 0.4) is 0 Å². The molecule has 1 nitrogen and oxygen atoms in total. The Morgan fingerprint density at radius 2 is 1.70 bits per heavy atom. The van der Waals surface area contributed by atoms with E-state index in [1.807, 2.05) is 0 Å². The van der Waals surface area contributed by atoms with Gasteiger partial charge in [0, 0.05) is 13.0 Å². The van der Waals surface area contributed by atoms with Crippen LogP contribution in [-0.2, 0) is 4.74 Å². The molecule has 0 amide bonds. The van der Waals surface area contributed by atoms with Crippen molar-refractivity contribution in [1.82, 2.24) is 0 Å². The highest BCUT2D eigenvalue weighted by Gasteiger charge is 2.36. The first-order valence-corrected chi connectivity index (χ1v) is 3.51. The molecule has 0 aliphatic carbocycles. The van der Waals surface area contributed by atoms with Crippen molar-refractivity contribution >= 4 is 0 Å². The summed E-state index contributed by atoms with van der Waals surface area (Å²) in [5, 5.41) is 0. The quantitative estimate of drug-likeness (QED) is 0.601. The Morgan fingerprint density at radius 1 is 1.30 bits per heavy atom. The molecule has 3 heteroatoms. The molecule has 0 aromatic rings. The summed E-state index contributed by atoms with van der Waals surface area (Å²) in [4.78, 5) is 0. The predicted octanol–water partition coefficient (Wildman–Crippen LogP) is 2.66.